The number of H-pyrrole nitrogens is 1. The normalized spacial score (nSPS) is 16.9. The summed E-state index contributed by atoms with van der Waals surface area (Å²) in [4.78, 5) is 12.2. The van der Waals surface area contributed by atoms with E-state index in [1.165, 1.54) is 6.26 Å². The lowest BCUT2D eigenvalue weighted by Crippen LogP contribution is -2.32. The predicted molar refractivity (Wildman–Crippen MR) is 85.3 cm³/mol. The molecule has 4 heterocycles. The first kappa shape index (κ1) is 17.3. The molecular formula is C16H15F3N6O2. The second-order valence-corrected chi connectivity index (χ2v) is 6.24. The Morgan fingerprint density at radius 3 is 3.00 bits per heavy atom. The zero-order chi connectivity index (χ0) is 19.0. The van der Waals surface area contributed by atoms with Gasteiger partial charge in [-0.2, -0.15) is 18.3 Å². The molecule has 3 aromatic heterocycles. The third-order valence-corrected chi connectivity index (χ3v) is 4.50. The van der Waals surface area contributed by atoms with Crippen LogP contribution in [0.1, 0.15) is 28.6 Å². The van der Waals surface area contributed by atoms with Crippen LogP contribution in [0.3, 0.4) is 0 Å². The molecule has 1 amide bonds. The number of nitrogens with one attached hydrogen (secondary N) is 2. The van der Waals surface area contributed by atoms with Gasteiger partial charge in [0.2, 0.25) is 0 Å². The first-order valence-corrected chi connectivity index (χ1v) is 8.27. The average Bonchev–Trinajstić information content (AvgIpc) is 3.37. The highest BCUT2D eigenvalue weighted by atomic mass is 19.4. The molecule has 0 radical (unpaired) electrons. The lowest BCUT2D eigenvalue weighted by Gasteiger charge is -2.25. The van der Waals surface area contributed by atoms with Gasteiger partial charge in [-0.25, -0.2) is 0 Å². The van der Waals surface area contributed by atoms with Crippen LogP contribution in [0.15, 0.2) is 28.9 Å². The summed E-state index contributed by atoms with van der Waals surface area (Å²) in [5.41, 5.74) is 0.722. The van der Waals surface area contributed by atoms with Gasteiger partial charge in [0, 0.05) is 19.0 Å². The molecular weight excluding hydrogens is 365 g/mol. The van der Waals surface area contributed by atoms with E-state index < -0.39 is 18.0 Å². The Hall–Kier alpha value is -3.11. The van der Waals surface area contributed by atoms with E-state index in [0.29, 0.717) is 17.3 Å². The number of amides is 1. The molecule has 0 saturated heterocycles. The van der Waals surface area contributed by atoms with E-state index in [1.54, 1.807) is 22.8 Å². The molecule has 142 valence electrons. The molecule has 0 aromatic carbocycles. The van der Waals surface area contributed by atoms with Crippen LogP contribution < -0.4 is 5.32 Å². The first-order valence-electron chi connectivity index (χ1n) is 8.27. The van der Waals surface area contributed by atoms with Crippen LogP contribution >= 0.6 is 0 Å². The minimum atomic E-state index is -4.24. The number of fused-ring (bicyclic) bond motifs is 1. The standard InChI is InChI=1S/C16H15F3N6O2/c17-16(18,19)9-3-4-25-13(6-9)23-24-14(25)8-20-15(26)11-7-10(21-22-11)12-2-1-5-27-12/h1-2,5,7,9H,3-4,6,8H2,(H,20,26)(H,21,22). The Kier molecular flexibility index (Phi) is 4.21. The maximum atomic E-state index is 12.9. The highest BCUT2D eigenvalue weighted by Gasteiger charge is 2.42. The molecule has 4 rings (SSSR count). The minimum Gasteiger partial charge on any atom is -0.463 e. The quantitative estimate of drug-likeness (QED) is 0.723. The van der Waals surface area contributed by atoms with Crippen LogP contribution in [-0.2, 0) is 19.5 Å². The van der Waals surface area contributed by atoms with Gasteiger partial charge in [0.1, 0.15) is 11.5 Å². The highest BCUT2D eigenvalue weighted by molar-refractivity contribution is 5.93. The van der Waals surface area contributed by atoms with E-state index in [-0.39, 0.29) is 37.4 Å². The SMILES string of the molecule is O=C(NCc1nnc2n1CCC(C(F)(F)F)C2)c1cc(-c2ccco2)[nH]n1. The molecule has 0 bridgehead atoms. The molecule has 0 spiro atoms. The monoisotopic (exact) mass is 380 g/mol. The summed E-state index contributed by atoms with van der Waals surface area (Å²) in [6.07, 6.45) is -2.96. The Balaban J connectivity index is 1.40. The van der Waals surface area contributed by atoms with Crippen molar-refractivity contribution in [2.24, 2.45) is 5.92 Å². The number of halogens is 3. The van der Waals surface area contributed by atoms with Crippen molar-refractivity contribution in [3.05, 3.63) is 41.8 Å². The van der Waals surface area contributed by atoms with E-state index in [9.17, 15) is 18.0 Å². The van der Waals surface area contributed by atoms with Gasteiger partial charge in [0.05, 0.1) is 18.7 Å². The van der Waals surface area contributed by atoms with E-state index >= 15 is 0 Å². The fourth-order valence-corrected chi connectivity index (χ4v) is 3.05. The van der Waals surface area contributed by atoms with Gasteiger partial charge in [-0.15, -0.1) is 10.2 Å². The number of hydrogen-bond acceptors (Lipinski definition) is 5. The van der Waals surface area contributed by atoms with Gasteiger partial charge >= 0.3 is 6.18 Å². The van der Waals surface area contributed by atoms with E-state index in [4.69, 9.17) is 4.42 Å². The molecule has 8 nitrogen and oxygen atoms in total. The van der Waals surface area contributed by atoms with E-state index in [1.807, 2.05) is 0 Å². The largest absolute Gasteiger partial charge is 0.463 e. The second-order valence-electron chi connectivity index (χ2n) is 6.24. The van der Waals surface area contributed by atoms with Crippen LogP contribution in [0.4, 0.5) is 13.2 Å². The zero-order valence-corrected chi connectivity index (χ0v) is 14.0. The van der Waals surface area contributed by atoms with Crippen molar-refractivity contribution in [1.82, 2.24) is 30.3 Å². The van der Waals surface area contributed by atoms with E-state index in [2.05, 4.69) is 25.7 Å². The van der Waals surface area contributed by atoms with E-state index in [0.717, 1.165) is 0 Å². The average molecular weight is 380 g/mol. The number of alkyl halides is 3. The number of aromatic nitrogens is 5. The fraction of sp³-hybridized carbons (Fsp3) is 0.375. The summed E-state index contributed by atoms with van der Waals surface area (Å²) in [6, 6.07) is 4.99. The van der Waals surface area contributed by atoms with Crippen molar-refractivity contribution in [2.45, 2.75) is 32.1 Å². The number of furan rings is 1. The predicted octanol–water partition coefficient (Wildman–Crippen LogP) is 2.32. The molecule has 1 atom stereocenters. The van der Waals surface area contributed by atoms with Crippen molar-refractivity contribution >= 4 is 5.91 Å². The number of nitrogens with zero attached hydrogens (tertiary/aromatic N) is 4. The highest BCUT2D eigenvalue weighted by Crippen LogP contribution is 2.34. The van der Waals surface area contributed by atoms with Crippen molar-refractivity contribution in [2.75, 3.05) is 0 Å². The molecule has 0 saturated carbocycles. The third kappa shape index (κ3) is 3.44. The van der Waals surface area contributed by atoms with Crippen LogP contribution in [0, 0.1) is 5.92 Å². The molecule has 1 aliphatic rings. The van der Waals surface area contributed by atoms with Crippen LogP contribution in [0.25, 0.3) is 11.5 Å². The number of carbonyl (C=O) groups excluding carboxylic acids is 1. The van der Waals surface area contributed by atoms with Crippen molar-refractivity contribution in [1.29, 1.82) is 0 Å². The fourth-order valence-electron chi connectivity index (χ4n) is 3.05. The maximum absolute atomic E-state index is 12.9. The van der Waals surface area contributed by atoms with Gasteiger partial charge in [0.15, 0.2) is 17.3 Å². The molecule has 2 N–H and O–H groups in total. The second kappa shape index (κ2) is 6.56. The molecule has 1 unspecified atom stereocenters. The van der Waals surface area contributed by atoms with Gasteiger partial charge in [-0.1, -0.05) is 0 Å². The summed E-state index contributed by atoms with van der Waals surface area (Å²) in [5.74, 6) is -0.591. The third-order valence-electron chi connectivity index (χ3n) is 4.50. The number of hydrogen-bond donors (Lipinski definition) is 2. The van der Waals surface area contributed by atoms with Gasteiger partial charge in [-0.05, 0) is 18.6 Å². The van der Waals surface area contributed by atoms with Crippen molar-refractivity contribution < 1.29 is 22.4 Å². The summed E-state index contributed by atoms with van der Waals surface area (Å²) in [7, 11) is 0. The van der Waals surface area contributed by atoms with Crippen LogP contribution in [-0.4, -0.2) is 37.0 Å². The Morgan fingerprint density at radius 2 is 2.26 bits per heavy atom. The molecule has 27 heavy (non-hydrogen) atoms. The summed E-state index contributed by atoms with van der Waals surface area (Å²) in [6.45, 7) is 0.216. The van der Waals surface area contributed by atoms with Gasteiger partial charge < -0.3 is 14.3 Å². The molecule has 0 fully saturated rings. The summed E-state index contributed by atoms with van der Waals surface area (Å²) >= 11 is 0. The molecule has 1 aliphatic heterocycles. The molecule has 3 aromatic rings. The van der Waals surface area contributed by atoms with Crippen LogP contribution in [0.2, 0.25) is 0 Å². The number of aromatic amines is 1. The number of carbonyl (C=O) groups is 1. The maximum Gasteiger partial charge on any atom is 0.392 e. The van der Waals surface area contributed by atoms with Gasteiger partial charge in [-0.3, -0.25) is 9.89 Å². The lowest BCUT2D eigenvalue weighted by molar-refractivity contribution is -0.179. The Labute approximate surface area is 150 Å². The molecule has 11 heteroatoms. The first-order chi connectivity index (χ1) is 12.9. The topological polar surface area (TPSA) is 102 Å². The van der Waals surface area contributed by atoms with Gasteiger partial charge in [0.25, 0.3) is 5.91 Å². The van der Waals surface area contributed by atoms with Crippen LogP contribution in [0.5, 0.6) is 0 Å². The van der Waals surface area contributed by atoms with Crippen molar-refractivity contribution in [3.63, 3.8) is 0 Å². The molecule has 0 aliphatic carbocycles. The lowest BCUT2D eigenvalue weighted by atomic mass is 9.97. The van der Waals surface area contributed by atoms with Crippen molar-refractivity contribution in [3.8, 4) is 11.5 Å². The summed E-state index contributed by atoms with van der Waals surface area (Å²) in [5, 5.41) is 17.0. The minimum absolute atomic E-state index is 0.0264. The number of rotatable bonds is 4. The smallest absolute Gasteiger partial charge is 0.392 e. The summed E-state index contributed by atoms with van der Waals surface area (Å²) < 4.78 is 45.4. The Morgan fingerprint density at radius 1 is 1.41 bits per heavy atom. The zero-order valence-electron chi connectivity index (χ0n) is 14.0. The Bertz CT molecular complexity index is 944.